The summed E-state index contributed by atoms with van der Waals surface area (Å²) in [4.78, 5) is 11.3. The number of aromatic carboxylic acids is 1. The number of nitrogens with one attached hydrogen (secondary N) is 1. The minimum absolute atomic E-state index is 0.0403. The molecule has 0 fully saturated rings. The molecule has 5 nitrogen and oxygen atoms in total. The highest BCUT2D eigenvalue weighted by molar-refractivity contribution is 14.1. The van der Waals surface area contributed by atoms with Crippen LogP contribution in [0.5, 0.6) is 0 Å². The molecule has 0 aliphatic heterocycles. The van der Waals surface area contributed by atoms with Gasteiger partial charge in [-0.1, -0.05) is 12.1 Å². The number of halogens is 3. The number of rotatable bonds is 4. The van der Waals surface area contributed by atoms with Crippen molar-refractivity contribution in [1.82, 2.24) is 0 Å². The SMILES string of the molecule is O=C(O)c1ccccc1NS(=O)(=O)c1cc(I)c(I)c(I)c1. The molecule has 0 spiro atoms. The molecule has 116 valence electrons. The summed E-state index contributed by atoms with van der Waals surface area (Å²) < 4.78 is 29.9. The average molecular weight is 655 g/mol. The fraction of sp³-hybridized carbons (Fsp3) is 0. The number of anilines is 1. The summed E-state index contributed by atoms with van der Waals surface area (Å²) in [6.45, 7) is 0. The summed E-state index contributed by atoms with van der Waals surface area (Å²) in [6.07, 6.45) is 0. The van der Waals surface area contributed by atoms with E-state index < -0.39 is 16.0 Å². The van der Waals surface area contributed by atoms with Crippen molar-refractivity contribution in [3.63, 3.8) is 0 Å². The van der Waals surface area contributed by atoms with Crippen LogP contribution >= 0.6 is 67.8 Å². The van der Waals surface area contributed by atoms with Gasteiger partial charge >= 0.3 is 5.97 Å². The van der Waals surface area contributed by atoms with Crippen molar-refractivity contribution in [2.45, 2.75) is 4.90 Å². The van der Waals surface area contributed by atoms with E-state index in [9.17, 15) is 13.2 Å². The molecule has 9 heteroatoms. The molecular weight excluding hydrogens is 647 g/mol. The van der Waals surface area contributed by atoms with Crippen molar-refractivity contribution in [2.75, 3.05) is 4.72 Å². The number of sulfonamides is 1. The van der Waals surface area contributed by atoms with Crippen molar-refractivity contribution in [3.8, 4) is 0 Å². The Morgan fingerprint density at radius 2 is 1.59 bits per heavy atom. The Labute approximate surface area is 168 Å². The number of benzene rings is 2. The molecular formula is C13H8I3NO4S. The van der Waals surface area contributed by atoms with E-state index in [0.29, 0.717) is 0 Å². The number of carbonyl (C=O) groups is 1. The highest BCUT2D eigenvalue weighted by Gasteiger charge is 2.20. The first kappa shape index (κ1) is 18.2. The van der Waals surface area contributed by atoms with Crippen LogP contribution in [0.3, 0.4) is 0 Å². The summed E-state index contributed by atoms with van der Waals surface area (Å²) in [6, 6.07) is 8.99. The predicted molar refractivity (Wildman–Crippen MR) is 109 cm³/mol. The van der Waals surface area contributed by atoms with Gasteiger partial charge in [0.15, 0.2) is 0 Å². The average Bonchev–Trinajstić information content (AvgIpc) is 2.44. The molecule has 2 N–H and O–H groups in total. The van der Waals surface area contributed by atoms with Gasteiger partial charge in [0.1, 0.15) is 0 Å². The van der Waals surface area contributed by atoms with Crippen LogP contribution in [0.25, 0.3) is 0 Å². The van der Waals surface area contributed by atoms with E-state index in [-0.39, 0.29) is 16.1 Å². The molecule has 22 heavy (non-hydrogen) atoms. The van der Waals surface area contributed by atoms with Crippen LogP contribution in [-0.2, 0) is 10.0 Å². The second-order valence-corrected chi connectivity index (χ2v) is 9.24. The molecule has 0 amide bonds. The second-order valence-electron chi connectivity index (χ2n) is 4.16. The Morgan fingerprint density at radius 3 is 2.14 bits per heavy atom. The van der Waals surface area contributed by atoms with Crippen LogP contribution in [0.15, 0.2) is 41.3 Å². The van der Waals surface area contributed by atoms with Gasteiger partial charge in [-0.05, 0) is 92.0 Å². The van der Waals surface area contributed by atoms with Crippen molar-refractivity contribution < 1.29 is 18.3 Å². The van der Waals surface area contributed by atoms with E-state index in [2.05, 4.69) is 72.5 Å². The molecule has 0 aromatic heterocycles. The summed E-state index contributed by atoms with van der Waals surface area (Å²) in [7, 11) is -3.86. The van der Waals surface area contributed by atoms with Crippen molar-refractivity contribution in [3.05, 3.63) is 52.7 Å². The van der Waals surface area contributed by atoms with Gasteiger partial charge in [-0.25, -0.2) is 13.2 Å². The molecule has 0 saturated carbocycles. The van der Waals surface area contributed by atoms with Crippen molar-refractivity contribution in [2.24, 2.45) is 0 Å². The topological polar surface area (TPSA) is 83.5 Å². The Bertz CT molecular complexity index is 829. The maximum absolute atomic E-state index is 12.5. The van der Waals surface area contributed by atoms with Crippen LogP contribution < -0.4 is 4.72 Å². The van der Waals surface area contributed by atoms with E-state index in [4.69, 9.17) is 5.11 Å². The van der Waals surface area contributed by atoms with E-state index in [1.165, 1.54) is 18.2 Å². The van der Waals surface area contributed by atoms with E-state index >= 15 is 0 Å². The molecule has 2 rings (SSSR count). The zero-order valence-electron chi connectivity index (χ0n) is 10.7. The lowest BCUT2D eigenvalue weighted by Gasteiger charge is -2.12. The molecule has 0 saturated heterocycles. The Kier molecular flexibility index (Phi) is 5.93. The first-order chi connectivity index (χ1) is 10.2. The van der Waals surface area contributed by atoms with Gasteiger partial charge in [-0.3, -0.25) is 4.72 Å². The Hall–Kier alpha value is -0.150. The van der Waals surface area contributed by atoms with E-state index in [1.54, 1.807) is 18.2 Å². The highest BCUT2D eigenvalue weighted by atomic mass is 127. The molecule has 0 aliphatic rings. The Balaban J connectivity index is 2.47. The molecule has 0 unspecified atom stereocenters. The standard InChI is InChI=1S/C13H8I3NO4S/c14-9-5-7(6-10(15)12(9)16)22(20,21)17-11-4-2-1-3-8(11)13(18)19/h1-6,17H,(H,18,19). The van der Waals surface area contributed by atoms with Crippen molar-refractivity contribution >= 4 is 89.5 Å². The van der Waals surface area contributed by atoms with Gasteiger partial charge < -0.3 is 5.11 Å². The van der Waals surface area contributed by atoms with E-state index in [0.717, 1.165) is 10.7 Å². The van der Waals surface area contributed by atoms with Crippen molar-refractivity contribution in [1.29, 1.82) is 0 Å². The van der Waals surface area contributed by atoms with Gasteiger partial charge in [0.05, 0.1) is 16.1 Å². The third-order valence-corrected chi connectivity index (χ3v) is 8.94. The maximum atomic E-state index is 12.5. The van der Waals surface area contributed by atoms with E-state index in [1.807, 2.05) is 0 Å². The number of carboxylic acids is 1. The third kappa shape index (κ3) is 4.03. The third-order valence-electron chi connectivity index (χ3n) is 2.67. The summed E-state index contributed by atoms with van der Waals surface area (Å²) in [5.41, 5.74) is -0.0560. The summed E-state index contributed by atoms with van der Waals surface area (Å²) in [5.74, 6) is -1.19. The molecule has 0 radical (unpaired) electrons. The molecule has 0 atom stereocenters. The van der Waals surface area contributed by atoms with Gasteiger partial charge in [0.2, 0.25) is 0 Å². The molecule has 0 heterocycles. The minimum atomic E-state index is -3.86. The lowest BCUT2D eigenvalue weighted by Crippen LogP contribution is -2.16. The first-order valence-electron chi connectivity index (χ1n) is 5.72. The number of hydrogen-bond donors (Lipinski definition) is 2. The number of carboxylic acid groups (broad SMARTS) is 1. The second kappa shape index (κ2) is 7.17. The molecule has 0 bridgehead atoms. The molecule has 2 aromatic rings. The number of para-hydroxylation sites is 1. The summed E-state index contributed by atoms with van der Waals surface area (Å²) >= 11 is 6.27. The first-order valence-corrected chi connectivity index (χ1v) is 10.4. The number of hydrogen-bond acceptors (Lipinski definition) is 3. The van der Waals surface area contributed by atoms with Crippen LogP contribution in [0.2, 0.25) is 0 Å². The normalized spacial score (nSPS) is 11.2. The molecule has 0 aliphatic carbocycles. The fourth-order valence-corrected chi connectivity index (χ4v) is 5.28. The highest BCUT2D eigenvalue weighted by Crippen LogP contribution is 2.27. The van der Waals surface area contributed by atoms with Gasteiger partial charge in [-0.2, -0.15) is 0 Å². The van der Waals surface area contributed by atoms with Gasteiger partial charge in [0.25, 0.3) is 10.0 Å². The van der Waals surface area contributed by atoms with Crippen LogP contribution in [0.1, 0.15) is 10.4 Å². The zero-order valence-corrected chi connectivity index (χ0v) is 18.0. The molecule has 2 aromatic carbocycles. The predicted octanol–water partition coefficient (Wildman–Crippen LogP) is 4.00. The summed E-state index contributed by atoms with van der Waals surface area (Å²) in [5, 5.41) is 9.12. The quantitative estimate of drug-likeness (QED) is 0.386. The van der Waals surface area contributed by atoms with Gasteiger partial charge in [0, 0.05) is 10.7 Å². The smallest absolute Gasteiger partial charge is 0.337 e. The minimum Gasteiger partial charge on any atom is -0.478 e. The Morgan fingerprint density at radius 1 is 1.05 bits per heavy atom. The maximum Gasteiger partial charge on any atom is 0.337 e. The lowest BCUT2D eigenvalue weighted by molar-refractivity contribution is 0.0698. The lowest BCUT2D eigenvalue weighted by atomic mass is 10.2. The largest absolute Gasteiger partial charge is 0.478 e. The van der Waals surface area contributed by atoms with Crippen LogP contribution in [0.4, 0.5) is 5.69 Å². The van der Waals surface area contributed by atoms with Crippen LogP contribution in [0, 0.1) is 10.7 Å². The fourth-order valence-electron chi connectivity index (χ4n) is 1.65. The monoisotopic (exact) mass is 655 g/mol. The van der Waals surface area contributed by atoms with Gasteiger partial charge in [-0.15, -0.1) is 0 Å². The van der Waals surface area contributed by atoms with Crippen LogP contribution in [-0.4, -0.2) is 19.5 Å². The zero-order chi connectivity index (χ0) is 16.5.